The van der Waals surface area contributed by atoms with Gasteiger partial charge >= 0.3 is 5.97 Å². The minimum absolute atomic E-state index is 0.0225. The number of esters is 1. The topological polar surface area (TPSA) is 171 Å². The number of aryl methyl sites for hydroxylation is 1. The molecule has 77 heavy (non-hydrogen) atoms. The predicted octanol–water partition coefficient (Wildman–Crippen LogP) is 6.48. The minimum Gasteiger partial charge on any atom is -0.491 e. The van der Waals surface area contributed by atoms with Crippen LogP contribution in [0.15, 0.2) is 48.7 Å². The van der Waals surface area contributed by atoms with Crippen LogP contribution in [0.2, 0.25) is 0 Å². The van der Waals surface area contributed by atoms with E-state index in [2.05, 4.69) is 70.1 Å². The van der Waals surface area contributed by atoms with Gasteiger partial charge in [0.2, 0.25) is 11.8 Å². The van der Waals surface area contributed by atoms with Crippen LogP contribution < -0.4 is 20.4 Å². The van der Waals surface area contributed by atoms with Crippen molar-refractivity contribution in [2.24, 2.45) is 17.3 Å². The molecule has 414 valence electrons. The molecule has 10 rings (SSSR count). The van der Waals surface area contributed by atoms with E-state index in [1.54, 1.807) is 14.2 Å². The molecule has 0 radical (unpaired) electrons. The molecule has 2 aromatic carbocycles. The number of fused-ring (bicyclic) bond motifs is 8. The lowest BCUT2D eigenvalue weighted by atomic mass is 9.84. The maximum atomic E-state index is 15.4. The van der Waals surface area contributed by atoms with Crippen LogP contribution in [0.5, 0.6) is 5.75 Å². The number of cyclic esters (lactones) is 1. The van der Waals surface area contributed by atoms with Crippen LogP contribution in [0.25, 0.3) is 33.3 Å². The van der Waals surface area contributed by atoms with Crippen molar-refractivity contribution in [3.63, 3.8) is 0 Å². The van der Waals surface area contributed by atoms with Crippen molar-refractivity contribution in [3.8, 4) is 28.1 Å². The molecule has 2 N–H and O–H groups in total. The first-order valence-electron chi connectivity index (χ1n) is 27.9. The summed E-state index contributed by atoms with van der Waals surface area (Å²) in [4.78, 5) is 85.0. The van der Waals surface area contributed by atoms with Crippen molar-refractivity contribution >= 4 is 46.2 Å². The maximum absolute atomic E-state index is 15.4. The molecule has 0 unspecified atom stereocenters. The van der Waals surface area contributed by atoms with E-state index in [1.165, 1.54) is 41.5 Å². The monoisotopic (exact) mass is 1060 g/mol. The third-order valence-electron chi connectivity index (χ3n) is 16.9. The van der Waals surface area contributed by atoms with Gasteiger partial charge in [-0.3, -0.25) is 38.9 Å². The molecule has 1 saturated carbocycles. The number of halogens is 1. The Kier molecular flexibility index (Phi) is 15.0. The quantitative estimate of drug-likeness (QED) is 0.185. The predicted molar refractivity (Wildman–Crippen MR) is 292 cm³/mol. The van der Waals surface area contributed by atoms with Crippen LogP contribution in [0, 0.1) is 17.3 Å². The van der Waals surface area contributed by atoms with Crippen LogP contribution in [0.1, 0.15) is 104 Å². The number of anilines is 1. The van der Waals surface area contributed by atoms with E-state index in [9.17, 15) is 24.0 Å². The van der Waals surface area contributed by atoms with Crippen molar-refractivity contribution in [1.29, 1.82) is 0 Å². The second-order valence-corrected chi connectivity index (χ2v) is 24.0. The summed E-state index contributed by atoms with van der Waals surface area (Å²) < 4.78 is 36.7. The average molecular weight is 1060 g/mol. The van der Waals surface area contributed by atoms with Crippen LogP contribution in [-0.2, 0) is 52.8 Å². The van der Waals surface area contributed by atoms with Crippen molar-refractivity contribution < 1.29 is 42.6 Å². The molecule has 5 aliphatic heterocycles. The van der Waals surface area contributed by atoms with Crippen LogP contribution in [0.3, 0.4) is 0 Å². The van der Waals surface area contributed by atoms with E-state index in [-0.39, 0.29) is 44.7 Å². The molecule has 0 spiro atoms. The fraction of sp³-hybridized carbons (Fsp3) is 0.593. The van der Waals surface area contributed by atoms with Gasteiger partial charge in [-0.15, -0.1) is 0 Å². The van der Waals surface area contributed by atoms with Gasteiger partial charge in [0, 0.05) is 94.3 Å². The summed E-state index contributed by atoms with van der Waals surface area (Å²) in [7, 11) is 3.26. The Hall–Kier alpha value is -6.11. The van der Waals surface area contributed by atoms with Crippen LogP contribution >= 0.6 is 0 Å². The number of nitrogens with zero attached hydrogens (tertiary/aromatic N) is 7. The number of hydrogen-bond acceptors (Lipinski definition) is 12. The molecule has 18 heteroatoms. The molecule has 2 aromatic heterocycles. The third kappa shape index (κ3) is 10.8. The molecular weight excluding hydrogens is 982 g/mol. The molecule has 6 aliphatic rings. The van der Waals surface area contributed by atoms with Crippen LogP contribution in [-0.4, -0.2) is 161 Å². The number of ether oxygens (including phenoxy) is 3. The van der Waals surface area contributed by atoms with Gasteiger partial charge in [0.05, 0.1) is 47.9 Å². The summed E-state index contributed by atoms with van der Waals surface area (Å²) in [6.07, 6.45) is 5.70. The third-order valence-corrected chi connectivity index (χ3v) is 16.9. The largest absolute Gasteiger partial charge is 0.491 e. The first-order chi connectivity index (χ1) is 36.6. The molecule has 7 heterocycles. The zero-order valence-corrected chi connectivity index (χ0v) is 46.6. The number of likely N-dealkylation sites (N-methyl/N-ethyl adjacent to an activating group) is 1. The average Bonchev–Trinajstić information content (AvgIpc) is 4.23. The van der Waals surface area contributed by atoms with E-state index in [4.69, 9.17) is 19.2 Å². The normalized spacial score (nSPS) is 25.2. The van der Waals surface area contributed by atoms with E-state index in [1.807, 2.05) is 45.2 Å². The molecular formula is C59H78FN9O8. The van der Waals surface area contributed by atoms with Crippen molar-refractivity contribution in [2.45, 2.75) is 142 Å². The number of hydrogen-bond donors (Lipinski definition) is 2. The van der Waals surface area contributed by atoms with E-state index < -0.39 is 70.8 Å². The Morgan fingerprint density at radius 1 is 0.935 bits per heavy atom. The van der Waals surface area contributed by atoms with Gasteiger partial charge in [-0.25, -0.2) is 9.82 Å². The lowest BCUT2D eigenvalue weighted by Crippen LogP contribution is -2.69. The van der Waals surface area contributed by atoms with Crippen molar-refractivity contribution in [3.05, 3.63) is 65.5 Å². The lowest BCUT2D eigenvalue weighted by Gasteiger charge is -2.49. The number of methoxy groups -OCH3 is 1. The number of carbonyl (C=O) groups is 5. The number of carbonyl (C=O) groups excluding carboxylic acids is 5. The molecule has 8 bridgehead atoms. The highest BCUT2D eigenvalue weighted by Gasteiger charge is 2.52. The number of hydrazine groups is 1. The molecule has 6 atom stereocenters. The Balaban J connectivity index is 1.15. The second kappa shape index (κ2) is 21.3. The molecule has 4 amide bonds. The first kappa shape index (κ1) is 54.3. The molecule has 1 aliphatic carbocycles. The minimum atomic E-state index is -2.20. The number of aromatic nitrogens is 2. The van der Waals surface area contributed by atoms with E-state index in [0.717, 1.165) is 76.4 Å². The number of nitrogens with one attached hydrogen (secondary N) is 2. The van der Waals surface area contributed by atoms with Gasteiger partial charge in [0.15, 0.2) is 5.67 Å². The Morgan fingerprint density at radius 2 is 1.69 bits per heavy atom. The number of amides is 4. The summed E-state index contributed by atoms with van der Waals surface area (Å²) in [5, 5.41) is 5.48. The van der Waals surface area contributed by atoms with Gasteiger partial charge in [0.25, 0.3) is 11.8 Å². The standard InChI is InChI=1S/C59H78FN9O8/c1-11-67-48-17-14-37-27-42(48)44(52(67)43-28-40(30-61-50(43)35(4)75-10)66-21-19-65(20-22-66)39-15-16-39)29-58(5,6)33-77-56(73)46-13-12-18-69(63-46)55(72)47-25-36-23-38(37)26-41(24-36)76-32-49-45(31-68(49)57(74)59(7,8)60)54(71)64(9)51(34(2)3)53(70)62-47/h14,17,23-24,26-28,30,34-35,39,45-47,49,51,63H,11-13,15-16,18-22,25,29,31-33H2,1-10H3,(H,62,70)/t35-,45-,46-,47-,49+,51-/m0/s1. The Bertz CT molecular complexity index is 2940. The number of alkyl halides is 1. The number of rotatable bonds is 8. The second-order valence-electron chi connectivity index (χ2n) is 24.0. The van der Waals surface area contributed by atoms with Gasteiger partial charge in [-0.05, 0) is 118 Å². The number of piperazine rings is 1. The summed E-state index contributed by atoms with van der Waals surface area (Å²) in [6.45, 7) is 19.1. The fourth-order valence-corrected chi connectivity index (χ4v) is 12.5. The molecule has 4 fully saturated rings. The molecule has 3 saturated heterocycles. The highest BCUT2D eigenvalue weighted by atomic mass is 19.1. The van der Waals surface area contributed by atoms with Crippen molar-refractivity contribution in [2.75, 3.05) is 71.5 Å². The fourth-order valence-electron chi connectivity index (χ4n) is 12.5. The molecule has 4 aromatic rings. The zero-order chi connectivity index (χ0) is 54.8. The summed E-state index contributed by atoms with van der Waals surface area (Å²) >= 11 is 0. The first-order valence-corrected chi connectivity index (χ1v) is 27.9. The smallest absolute Gasteiger partial charge is 0.324 e. The van der Waals surface area contributed by atoms with Gasteiger partial charge in [0.1, 0.15) is 30.5 Å². The zero-order valence-electron chi connectivity index (χ0n) is 46.6. The SMILES string of the molecule is CCn1c(-c2cc(N3CCN(C4CC4)CC3)cnc2[C@H](C)OC)c2c3cc(ccc31)-c1cc3cc(c1)OC[C@@H]1[C@H](CN1C(=O)C(C)(C)F)C(=O)N(C)[C@@H](C(C)C)C(=O)N[C@@H](C3)C(=O)N1CCC[C@H](N1)C(=O)OCC(C)(C)C2. The Morgan fingerprint density at radius 3 is 2.38 bits per heavy atom. The van der Waals surface area contributed by atoms with Gasteiger partial charge in [-0.1, -0.05) is 39.8 Å². The summed E-state index contributed by atoms with van der Waals surface area (Å²) in [5.74, 6) is -3.37. The lowest BCUT2D eigenvalue weighted by molar-refractivity contribution is -0.166. The van der Waals surface area contributed by atoms with Gasteiger partial charge in [-0.2, -0.15) is 0 Å². The number of likely N-dealkylation sites (tertiary alicyclic amines) is 1. The summed E-state index contributed by atoms with van der Waals surface area (Å²) in [5.41, 5.74) is 8.63. The highest BCUT2D eigenvalue weighted by Crippen LogP contribution is 2.44. The Labute approximate surface area is 452 Å². The maximum Gasteiger partial charge on any atom is 0.324 e. The number of pyridine rings is 1. The number of benzene rings is 2. The molecule has 17 nitrogen and oxygen atoms in total. The van der Waals surface area contributed by atoms with E-state index >= 15 is 4.39 Å². The summed E-state index contributed by atoms with van der Waals surface area (Å²) in [6, 6.07) is 11.4. The van der Waals surface area contributed by atoms with Crippen molar-refractivity contribution in [1.82, 2.24) is 40.0 Å². The highest BCUT2D eigenvalue weighted by molar-refractivity contribution is 5.97. The van der Waals surface area contributed by atoms with Crippen LogP contribution in [0.4, 0.5) is 10.1 Å². The van der Waals surface area contributed by atoms with E-state index in [0.29, 0.717) is 43.2 Å². The van der Waals surface area contributed by atoms with Gasteiger partial charge < -0.3 is 38.8 Å².